The Kier molecular flexibility index (Phi) is 5.65. The fraction of sp³-hybridized carbons (Fsp3) is 0.769. The van der Waals surface area contributed by atoms with E-state index in [2.05, 4.69) is 28.7 Å². The number of nitrogens with one attached hydrogen (secondary N) is 1. The quantitative estimate of drug-likeness (QED) is 0.673. The second kappa shape index (κ2) is 6.77. The van der Waals surface area contributed by atoms with Crippen LogP contribution in [0.2, 0.25) is 0 Å². The van der Waals surface area contributed by atoms with E-state index >= 15 is 0 Å². The van der Waals surface area contributed by atoms with Crippen molar-refractivity contribution in [3.05, 3.63) is 18.2 Å². The van der Waals surface area contributed by atoms with Gasteiger partial charge in [-0.25, -0.2) is 4.98 Å². The summed E-state index contributed by atoms with van der Waals surface area (Å²) < 4.78 is 2.05. The third-order valence-corrected chi connectivity index (χ3v) is 3.06. The Morgan fingerprint density at radius 2 is 2.24 bits per heavy atom. The fourth-order valence-corrected chi connectivity index (χ4v) is 1.91. The lowest BCUT2D eigenvalue weighted by Crippen LogP contribution is -2.31. The van der Waals surface area contributed by atoms with E-state index in [1.165, 1.54) is 0 Å². The van der Waals surface area contributed by atoms with Gasteiger partial charge in [-0.15, -0.1) is 0 Å². The monoisotopic (exact) mass is 239 g/mol. The summed E-state index contributed by atoms with van der Waals surface area (Å²) in [5, 5.41) is 12.3. The molecule has 0 aliphatic rings. The van der Waals surface area contributed by atoms with Crippen molar-refractivity contribution in [2.45, 2.75) is 33.1 Å². The van der Waals surface area contributed by atoms with E-state index in [-0.39, 0.29) is 12.0 Å². The fourth-order valence-electron chi connectivity index (χ4n) is 1.91. The summed E-state index contributed by atoms with van der Waals surface area (Å²) in [4.78, 5) is 4.29. The Labute approximate surface area is 104 Å². The first-order valence-electron chi connectivity index (χ1n) is 6.33. The molecule has 1 rings (SSSR count). The lowest BCUT2D eigenvalue weighted by Gasteiger charge is -2.24. The first kappa shape index (κ1) is 14.2. The van der Waals surface area contributed by atoms with E-state index < -0.39 is 0 Å². The molecule has 2 N–H and O–H groups in total. The minimum absolute atomic E-state index is 0.254. The standard InChI is InChI=1S/C13H25N3O/c1-13(2,6-4-10-17)11-14-7-5-12-15-8-9-16(12)3/h8-9,14,17H,4-7,10-11H2,1-3H3. The van der Waals surface area contributed by atoms with Crippen LogP contribution in [0.4, 0.5) is 0 Å². The number of hydrogen-bond donors (Lipinski definition) is 2. The first-order valence-corrected chi connectivity index (χ1v) is 6.33. The zero-order valence-electron chi connectivity index (χ0n) is 11.2. The van der Waals surface area contributed by atoms with E-state index in [1.807, 2.05) is 19.4 Å². The van der Waals surface area contributed by atoms with Crippen LogP contribution >= 0.6 is 0 Å². The molecule has 0 saturated carbocycles. The van der Waals surface area contributed by atoms with Crippen molar-refractivity contribution in [2.24, 2.45) is 12.5 Å². The number of rotatable bonds is 8. The molecule has 0 bridgehead atoms. The third kappa shape index (κ3) is 5.33. The van der Waals surface area contributed by atoms with Gasteiger partial charge in [0, 0.05) is 45.6 Å². The topological polar surface area (TPSA) is 50.1 Å². The number of aromatic nitrogens is 2. The number of aliphatic hydroxyl groups is 1. The van der Waals surface area contributed by atoms with Crippen LogP contribution < -0.4 is 5.32 Å². The van der Waals surface area contributed by atoms with Crippen LogP contribution in [0.5, 0.6) is 0 Å². The van der Waals surface area contributed by atoms with E-state index in [9.17, 15) is 0 Å². The molecule has 0 spiro atoms. The average molecular weight is 239 g/mol. The van der Waals surface area contributed by atoms with Crippen molar-refractivity contribution in [1.29, 1.82) is 0 Å². The van der Waals surface area contributed by atoms with E-state index in [0.29, 0.717) is 0 Å². The molecule has 1 aromatic heterocycles. The molecule has 17 heavy (non-hydrogen) atoms. The Bertz CT molecular complexity index is 320. The Morgan fingerprint density at radius 1 is 1.47 bits per heavy atom. The Hall–Kier alpha value is -0.870. The summed E-state index contributed by atoms with van der Waals surface area (Å²) in [6.07, 6.45) is 6.70. The maximum Gasteiger partial charge on any atom is 0.109 e. The van der Waals surface area contributed by atoms with Crippen molar-refractivity contribution < 1.29 is 5.11 Å². The van der Waals surface area contributed by atoms with Crippen LogP contribution in [0.15, 0.2) is 12.4 Å². The van der Waals surface area contributed by atoms with Crippen LogP contribution in [0.25, 0.3) is 0 Å². The lowest BCUT2D eigenvalue weighted by atomic mass is 9.88. The largest absolute Gasteiger partial charge is 0.396 e. The first-order chi connectivity index (χ1) is 8.05. The van der Waals surface area contributed by atoms with Gasteiger partial charge in [-0.2, -0.15) is 0 Å². The van der Waals surface area contributed by atoms with Crippen LogP contribution in [0.1, 0.15) is 32.5 Å². The van der Waals surface area contributed by atoms with Gasteiger partial charge in [0.2, 0.25) is 0 Å². The molecule has 4 heteroatoms. The van der Waals surface area contributed by atoms with Crippen molar-refractivity contribution >= 4 is 0 Å². The molecular weight excluding hydrogens is 214 g/mol. The molecule has 0 atom stereocenters. The molecule has 0 aromatic carbocycles. The molecule has 98 valence electrons. The summed E-state index contributed by atoms with van der Waals surface area (Å²) in [7, 11) is 2.02. The summed E-state index contributed by atoms with van der Waals surface area (Å²) in [6, 6.07) is 0. The molecular formula is C13H25N3O. The molecule has 0 amide bonds. The highest BCUT2D eigenvalue weighted by molar-refractivity contribution is 4.91. The second-order valence-electron chi connectivity index (χ2n) is 5.37. The molecule has 1 aromatic rings. The van der Waals surface area contributed by atoms with Gasteiger partial charge in [0.15, 0.2) is 0 Å². The highest BCUT2D eigenvalue weighted by Gasteiger charge is 2.16. The van der Waals surface area contributed by atoms with Gasteiger partial charge in [-0.3, -0.25) is 0 Å². The van der Waals surface area contributed by atoms with Gasteiger partial charge in [0.1, 0.15) is 5.82 Å². The summed E-state index contributed by atoms with van der Waals surface area (Å²) >= 11 is 0. The predicted molar refractivity (Wildman–Crippen MR) is 69.9 cm³/mol. The smallest absolute Gasteiger partial charge is 0.109 e. The van der Waals surface area contributed by atoms with Gasteiger partial charge in [-0.1, -0.05) is 13.8 Å². The summed E-state index contributed by atoms with van der Waals surface area (Å²) in [5.41, 5.74) is 0.254. The predicted octanol–water partition coefficient (Wildman–Crippen LogP) is 1.35. The van der Waals surface area contributed by atoms with Gasteiger partial charge in [0.05, 0.1) is 0 Å². The zero-order chi connectivity index (χ0) is 12.7. The molecule has 0 aliphatic carbocycles. The highest BCUT2D eigenvalue weighted by Crippen LogP contribution is 2.20. The Balaban J connectivity index is 2.17. The van der Waals surface area contributed by atoms with Crippen LogP contribution in [-0.2, 0) is 13.5 Å². The van der Waals surface area contributed by atoms with Crippen molar-refractivity contribution in [3.8, 4) is 0 Å². The Morgan fingerprint density at radius 3 is 2.82 bits per heavy atom. The van der Waals surface area contributed by atoms with Crippen molar-refractivity contribution in [3.63, 3.8) is 0 Å². The van der Waals surface area contributed by atoms with Crippen LogP contribution in [-0.4, -0.2) is 34.4 Å². The van der Waals surface area contributed by atoms with Gasteiger partial charge >= 0.3 is 0 Å². The van der Waals surface area contributed by atoms with Gasteiger partial charge < -0.3 is 15.0 Å². The summed E-state index contributed by atoms with van der Waals surface area (Å²) in [6.45, 7) is 6.69. The van der Waals surface area contributed by atoms with Crippen LogP contribution in [0.3, 0.4) is 0 Å². The molecule has 4 nitrogen and oxygen atoms in total. The number of imidazole rings is 1. The summed E-state index contributed by atoms with van der Waals surface area (Å²) in [5.74, 6) is 1.12. The van der Waals surface area contributed by atoms with E-state index in [1.54, 1.807) is 0 Å². The number of hydrogen-bond acceptors (Lipinski definition) is 3. The SMILES string of the molecule is Cn1ccnc1CCNCC(C)(C)CCCO. The van der Waals surface area contributed by atoms with Crippen molar-refractivity contribution in [1.82, 2.24) is 14.9 Å². The number of nitrogens with zero attached hydrogens (tertiary/aromatic N) is 2. The van der Waals surface area contributed by atoms with E-state index in [4.69, 9.17) is 5.11 Å². The van der Waals surface area contributed by atoms with E-state index in [0.717, 1.165) is 38.2 Å². The third-order valence-electron chi connectivity index (χ3n) is 3.06. The van der Waals surface area contributed by atoms with Gasteiger partial charge in [0.25, 0.3) is 0 Å². The molecule has 0 unspecified atom stereocenters. The molecule has 0 aliphatic heterocycles. The maximum absolute atomic E-state index is 8.83. The minimum atomic E-state index is 0.254. The average Bonchev–Trinajstić information content (AvgIpc) is 2.68. The second-order valence-corrected chi connectivity index (χ2v) is 5.37. The zero-order valence-corrected chi connectivity index (χ0v) is 11.2. The normalized spacial score (nSPS) is 12.0. The maximum atomic E-state index is 8.83. The molecule has 0 radical (unpaired) electrons. The number of aliphatic hydroxyl groups excluding tert-OH is 1. The molecule has 0 saturated heterocycles. The lowest BCUT2D eigenvalue weighted by molar-refractivity contribution is 0.237. The molecule has 1 heterocycles. The van der Waals surface area contributed by atoms with Gasteiger partial charge in [-0.05, 0) is 18.3 Å². The van der Waals surface area contributed by atoms with Crippen LogP contribution in [0, 0.1) is 5.41 Å². The minimum Gasteiger partial charge on any atom is -0.396 e. The number of aryl methyl sites for hydroxylation is 1. The highest BCUT2D eigenvalue weighted by atomic mass is 16.2. The van der Waals surface area contributed by atoms with Crippen molar-refractivity contribution in [2.75, 3.05) is 19.7 Å². The molecule has 0 fully saturated rings.